The number of aromatic amines is 1. The van der Waals surface area contributed by atoms with Gasteiger partial charge in [0.05, 0.1) is 6.54 Å². The smallest absolute Gasteiger partial charge is 0.366 e. The highest BCUT2D eigenvalue weighted by Crippen LogP contribution is 2.18. The summed E-state index contributed by atoms with van der Waals surface area (Å²) in [6, 6.07) is 0. The van der Waals surface area contributed by atoms with E-state index in [0.717, 1.165) is 6.20 Å². The number of anilines is 1. The fourth-order valence-corrected chi connectivity index (χ4v) is 0.960. The van der Waals surface area contributed by atoms with Crippen LogP contribution >= 0.6 is 0 Å². The molecule has 1 heterocycles. The van der Waals surface area contributed by atoms with E-state index in [1.54, 1.807) is 0 Å². The van der Waals surface area contributed by atoms with Crippen molar-refractivity contribution < 1.29 is 19.6 Å². The number of hydrogen-bond donors (Lipinski definition) is 4. The lowest BCUT2D eigenvalue weighted by molar-refractivity contribution is -0.388. The van der Waals surface area contributed by atoms with Crippen LogP contribution in [0.4, 0.5) is 11.5 Å². The van der Waals surface area contributed by atoms with E-state index in [9.17, 15) is 19.7 Å². The van der Waals surface area contributed by atoms with E-state index < -0.39 is 23.3 Å². The van der Waals surface area contributed by atoms with Crippen LogP contribution in [-0.2, 0) is 9.59 Å². The van der Waals surface area contributed by atoms with Crippen LogP contribution in [0.15, 0.2) is 6.20 Å². The summed E-state index contributed by atoms with van der Waals surface area (Å²) in [6.07, 6.45) is 1.16. The van der Waals surface area contributed by atoms with Crippen LogP contribution in [0.1, 0.15) is 0 Å². The van der Waals surface area contributed by atoms with Crippen LogP contribution in [0.25, 0.3) is 0 Å². The molecule has 10 nitrogen and oxygen atoms in total. The van der Waals surface area contributed by atoms with E-state index in [0.29, 0.717) is 0 Å². The third kappa shape index (κ3) is 3.77. The third-order valence-electron chi connectivity index (χ3n) is 1.68. The van der Waals surface area contributed by atoms with Gasteiger partial charge in [0.1, 0.15) is 12.7 Å². The molecule has 0 aromatic carbocycles. The molecule has 0 saturated heterocycles. The number of rotatable bonds is 6. The molecule has 10 heteroatoms. The van der Waals surface area contributed by atoms with Crippen LogP contribution in [0.5, 0.6) is 0 Å². The third-order valence-corrected chi connectivity index (χ3v) is 1.68. The molecule has 0 radical (unpaired) electrons. The predicted octanol–water partition coefficient (Wildman–Crippen LogP) is -1.07. The van der Waals surface area contributed by atoms with Gasteiger partial charge in [-0.25, -0.2) is 0 Å². The number of amides is 1. The van der Waals surface area contributed by atoms with Gasteiger partial charge in [-0.15, -0.1) is 5.10 Å². The van der Waals surface area contributed by atoms with Crippen LogP contribution in [0, 0.1) is 10.1 Å². The average molecular weight is 243 g/mol. The highest BCUT2D eigenvalue weighted by Gasteiger charge is 2.15. The second kappa shape index (κ2) is 5.44. The second-order valence-corrected chi connectivity index (χ2v) is 2.91. The van der Waals surface area contributed by atoms with Crippen LogP contribution in [0.3, 0.4) is 0 Å². The van der Waals surface area contributed by atoms with Crippen molar-refractivity contribution in [3.8, 4) is 0 Å². The Hall–Kier alpha value is -2.65. The number of nitrogens with one attached hydrogen (secondary N) is 3. The first-order chi connectivity index (χ1) is 8.00. The van der Waals surface area contributed by atoms with Crippen molar-refractivity contribution in [3.05, 3.63) is 16.3 Å². The maximum atomic E-state index is 11.1. The van der Waals surface area contributed by atoms with Crippen molar-refractivity contribution in [1.82, 2.24) is 15.5 Å². The number of nitrogens with zero attached hydrogens (tertiary/aromatic N) is 2. The monoisotopic (exact) mass is 243 g/mol. The predicted molar refractivity (Wildman–Crippen MR) is 54.4 cm³/mol. The van der Waals surface area contributed by atoms with E-state index in [1.807, 2.05) is 0 Å². The summed E-state index contributed by atoms with van der Waals surface area (Å²) in [5, 5.41) is 28.9. The summed E-state index contributed by atoms with van der Waals surface area (Å²) in [4.78, 5) is 31.0. The summed E-state index contributed by atoms with van der Waals surface area (Å²) < 4.78 is 0. The maximum absolute atomic E-state index is 11.1. The molecule has 92 valence electrons. The molecular formula is C7H9N5O5. The SMILES string of the molecule is O=C(O)CNC(=O)CNc1cn[nH]c1[N+](=O)[O-]. The van der Waals surface area contributed by atoms with Crippen LogP contribution in [-0.4, -0.2) is 45.2 Å². The van der Waals surface area contributed by atoms with Gasteiger partial charge in [-0.2, -0.15) is 0 Å². The van der Waals surface area contributed by atoms with Crippen molar-refractivity contribution in [2.24, 2.45) is 0 Å². The molecule has 0 bridgehead atoms. The minimum atomic E-state index is -1.17. The first kappa shape index (κ1) is 12.4. The Bertz CT molecular complexity index is 442. The van der Waals surface area contributed by atoms with Crippen molar-refractivity contribution in [1.29, 1.82) is 0 Å². The normalized spacial score (nSPS) is 9.65. The topological polar surface area (TPSA) is 150 Å². The van der Waals surface area contributed by atoms with Crippen LogP contribution < -0.4 is 10.6 Å². The lowest BCUT2D eigenvalue weighted by Gasteiger charge is -2.03. The first-order valence-electron chi connectivity index (χ1n) is 4.41. The van der Waals surface area contributed by atoms with Crippen molar-refractivity contribution in [2.45, 2.75) is 0 Å². The largest absolute Gasteiger partial charge is 0.480 e. The lowest BCUT2D eigenvalue weighted by atomic mass is 10.4. The Morgan fingerprint density at radius 3 is 2.82 bits per heavy atom. The summed E-state index contributed by atoms with van der Waals surface area (Å²) in [5.41, 5.74) is 0.0560. The molecule has 1 aromatic heterocycles. The number of H-pyrrole nitrogens is 1. The Kier molecular flexibility index (Phi) is 3.97. The van der Waals surface area contributed by atoms with Gasteiger partial charge in [0.15, 0.2) is 5.69 Å². The number of carbonyl (C=O) groups excluding carboxylic acids is 1. The zero-order valence-corrected chi connectivity index (χ0v) is 8.47. The summed E-state index contributed by atoms with van der Waals surface area (Å²) in [7, 11) is 0. The fourth-order valence-electron chi connectivity index (χ4n) is 0.960. The Morgan fingerprint density at radius 2 is 2.24 bits per heavy atom. The molecule has 0 unspecified atom stereocenters. The number of hydrogen-bond acceptors (Lipinski definition) is 6. The molecule has 0 saturated carbocycles. The molecule has 1 rings (SSSR count). The number of nitro groups is 1. The quantitative estimate of drug-likeness (QED) is 0.367. The summed E-state index contributed by atoms with van der Waals surface area (Å²) >= 11 is 0. The lowest BCUT2D eigenvalue weighted by Crippen LogP contribution is -2.33. The molecule has 0 aliphatic carbocycles. The molecule has 0 fully saturated rings. The number of carboxylic acids is 1. The first-order valence-corrected chi connectivity index (χ1v) is 4.41. The van der Waals surface area contributed by atoms with Crippen molar-refractivity contribution in [3.63, 3.8) is 0 Å². The van der Waals surface area contributed by atoms with Gasteiger partial charge in [-0.05, 0) is 4.92 Å². The van der Waals surface area contributed by atoms with Gasteiger partial charge in [-0.1, -0.05) is 5.10 Å². The summed E-state index contributed by atoms with van der Waals surface area (Å²) in [6.45, 7) is -0.790. The number of aliphatic carboxylic acids is 1. The molecule has 0 atom stereocenters. The minimum absolute atomic E-state index is 0.0560. The average Bonchev–Trinajstić information content (AvgIpc) is 2.71. The summed E-state index contributed by atoms with van der Waals surface area (Å²) in [5.74, 6) is -2.13. The van der Waals surface area contributed by atoms with E-state index >= 15 is 0 Å². The standard InChI is InChI=1S/C7H9N5O5/c13-5(9-3-6(14)15)2-8-4-1-10-11-7(4)12(16)17/h1,8H,2-3H2,(H,9,13)(H,10,11)(H,14,15). The maximum Gasteiger partial charge on any atom is 0.366 e. The van der Waals surface area contributed by atoms with E-state index in [1.165, 1.54) is 0 Å². The van der Waals surface area contributed by atoms with E-state index in [4.69, 9.17) is 5.11 Å². The van der Waals surface area contributed by atoms with E-state index in [-0.39, 0.29) is 18.1 Å². The highest BCUT2D eigenvalue weighted by molar-refractivity contribution is 5.84. The van der Waals surface area contributed by atoms with E-state index in [2.05, 4.69) is 20.8 Å². The van der Waals surface area contributed by atoms with Crippen molar-refractivity contribution in [2.75, 3.05) is 18.4 Å². The molecule has 0 spiro atoms. The van der Waals surface area contributed by atoms with Gasteiger partial charge in [-0.3, -0.25) is 9.59 Å². The van der Waals surface area contributed by atoms with Crippen molar-refractivity contribution >= 4 is 23.4 Å². The number of carbonyl (C=O) groups is 2. The molecular weight excluding hydrogens is 234 g/mol. The zero-order valence-electron chi connectivity index (χ0n) is 8.47. The number of aromatic nitrogens is 2. The highest BCUT2D eigenvalue weighted by atomic mass is 16.6. The minimum Gasteiger partial charge on any atom is -0.480 e. The molecule has 0 aliphatic heterocycles. The molecule has 1 amide bonds. The Morgan fingerprint density at radius 1 is 1.53 bits per heavy atom. The molecule has 0 aliphatic rings. The molecule has 1 aromatic rings. The van der Waals surface area contributed by atoms with Gasteiger partial charge in [0.2, 0.25) is 5.91 Å². The van der Waals surface area contributed by atoms with Crippen LogP contribution in [0.2, 0.25) is 0 Å². The van der Waals surface area contributed by atoms with Gasteiger partial charge in [0, 0.05) is 0 Å². The second-order valence-electron chi connectivity index (χ2n) is 2.91. The van der Waals surface area contributed by atoms with Gasteiger partial charge >= 0.3 is 11.8 Å². The molecule has 17 heavy (non-hydrogen) atoms. The Labute approximate surface area is 94.2 Å². The molecule has 4 N–H and O–H groups in total. The number of carboxylic acid groups (broad SMARTS) is 1. The van der Waals surface area contributed by atoms with Gasteiger partial charge in [0.25, 0.3) is 0 Å². The zero-order chi connectivity index (χ0) is 12.8. The van der Waals surface area contributed by atoms with Gasteiger partial charge < -0.3 is 25.9 Å². The Balaban J connectivity index is 2.45. The fraction of sp³-hybridized carbons (Fsp3) is 0.286.